The molecule has 4 rings (SSSR count). The zero-order chi connectivity index (χ0) is 28.6. The quantitative estimate of drug-likeness (QED) is 0.205. The van der Waals surface area contributed by atoms with E-state index < -0.39 is 23.4 Å². The van der Waals surface area contributed by atoms with Crippen molar-refractivity contribution in [1.29, 1.82) is 0 Å². The smallest absolute Gasteiger partial charge is 0.303 e. The fourth-order valence-electron chi connectivity index (χ4n) is 5.41. The van der Waals surface area contributed by atoms with Crippen molar-refractivity contribution in [3.63, 3.8) is 0 Å². The monoisotopic (exact) mass is 555 g/mol. The number of carbonyl (C=O) groups is 1. The van der Waals surface area contributed by atoms with Gasteiger partial charge in [-0.2, -0.15) is 5.48 Å². The van der Waals surface area contributed by atoms with Crippen molar-refractivity contribution in [3.05, 3.63) is 71.2 Å². The first-order chi connectivity index (χ1) is 19.3. The maximum absolute atomic E-state index is 13.9. The van der Waals surface area contributed by atoms with Crippen molar-refractivity contribution < 1.29 is 32.6 Å². The summed E-state index contributed by atoms with van der Waals surface area (Å²) in [6, 6.07) is 8.83. The lowest BCUT2D eigenvalue weighted by Gasteiger charge is -2.38. The largest absolute Gasteiger partial charge is 0.497 e. The van der Waals surface area contributed by atoms with Crippen molar-refractivity contribution in [3.8, 4) is 17.6 Å². The third kappa shape index (κ3) is 7.30. The van der Waals surface area contributed by atoms with Crippen LogP contribution in [0.4, 0.5) is 13.2 Å². The molecule has 0 spiro atoms. The van der Waals surface area contributed by atoms with Crippen molar-refractivity contribution in [1.82, 2.24) is 15.4 Å². The summed E-state index contributed by atoms with van der Waals surface area (Å²) in [6.07, 6.45) is 3.99. The lowest BCUT2D eigenvalue weighted by atomic mass is 9.79. The number of hydrogen-bond acceptors (Lipinski definition) is 6. The van der Waals surface area contributed by atoms with Crippen LogP contribution < -0.4 is 10.2 Å². The number of carboxylic acids is 1. The van der Waals surface area contributed by atoms with Crippen molar-refractivity contribution >= 4 is 16.9 Å². The van der Waals surface area contributed by atoms with Gasteiger partial charge in [0.05, 0.1) is 37.9 Å². The first-order valence-corrected chi connectivity index (χ1v) is 13.1. The summed E-state index contributed by atoms with van der Waals surface area (Å²) < 4.78 is 46.2. The van der Waals surface area contributed by atoms with Gasteiger partial charge in [-0.25, -0.2) is 13.2 Å². The minimum atomic E-state index is -1.29. The average molecular weight is 556 g/mol. The number of methoxy groups -OCH3 is 1. The Morgan fingerprint density at radius 2 is 2.02 bits per heavy atom. The van der Waals surface area contributed by atoms with Gasteiger partial charge in [-0.15, -0.1) is 0 Å². The molecule has 0 unspecified atom stereocenters. The molecule has 3 atom stereocenters. The number of nitrogens with one attached hydrogen (secondary N) is 1. The van der Waals surface area contributed by atoms with E-state index in [0.29, 0.717) is 25.6 Å². The molecule has 1 aliphatic rings. The van der Waals surface area contributed by atoms with Gasteiger partial charge in [0.1, 0.15) is 11.6 Å². The van der Waals surface area contributed by atoms with E-state index in [1.165, 1.54) is 0 Å². The van der Waals surface area contributed by atoms with Gasteiger partial charge in [0, 0.05) is 30.6 Å². The Labute approximate surface area is 231 Å². The molecular weight excluding hydrogens is 523 g/mol. The Morgan fingerprint density at radius 3 is 2.77 bits per heavy atom. The summed E-state index contributed by atoms with van der Waals surface area (Å²) in [5.74, 6) is 1.80. The number of fused-ring (bicyclic) bond motifs is 1. The summed E-state index contributed by atoms with van der Waals surface area (Å²) in [4.78, 5) is 23.5. The van der Waals surface area contributed by atoms with E-state index in [0.717, 1.165) is 41.1 Å². The van der Waals surface area contributed by atoms with Crippen molar-refractivity contribution in [2.24, 2.45) is 11.8 Å². The molecule has 0 bridgehead atoms. The number of ether oxygens (including phenoxy) is 1. The third-order valence-electron chi connectivity index (χ3n) is 7.38. The van der Waals surface area contributed by atoms with Crippen LogP contribution >= 0.6 is 0 Å². The molecule has 2 aromatic carbocycles. The lowest BCUT2D eigenvalue weighted by Crippen LogP contribution is -2.41. The lowest BCUT2D eigenvalue weighted by molar-refractivity contribution is -0.139. The number of carboxylic acid groups (broad SMARTS) is 1. The first-order valence-electron chi connectivity index (χ1n) is 13.1. The normalized spacial score (nSPS) is 18.2. The number of pyridine rings is 1. The predicted molar refractivity (Wildman–Crippen MR) is 144 cm³/mol. The van der Waals surface area contributed by atoms with E-state index >= 15 is 0 Å². The van der Waals surface area contributed by atoms with Crippen LogP contribution in [0, 0.1) is 41.1 Å². The maximum Gasteiger partial charge on any atom is 0.303 e. The number of aromatic nitrogens is 1. The van der Waals surface area contributed by atoms with Crippen LogP contribution in [0.3, 0.4) is 0 Å². The number of nitrogens with zero attached hydrogens (tertiary/aromatic N) is 2. The molecule has 0 radical (unpaired) electrons. The highest BCUT2D eigenvalue weighted by atomic mass is 19.2. The van der Waals surface area contributed by atoms with E-state index in [2.05, 4.69) is 22.3 Å². The summed E-state index contributed by atoms with van der Waals surface area (Å²) in [6.45, 7) is 1.41. The fourth-order valence-corrected chi connectivity index (χ4v) is 5.41. The van der Waals surface area contributed by atoms with Gasteiger partial charge in [0.15, 0.2) is 11.6 Å². The van der Waals surface area contributed by atoms with Gasteiger partial charge < -0.3 is 14.7 Å². The predicted octanol–water partition coefficient (Wildman–Crippen LogP) is 5.10. The molecule has 2 heterocycles. The molecule has 7 nitrogen and oxygen atoms in total. The number of aliphatic carboxylic acids is 1. The van der Waals surface area contributed by atoms with E-state index in [1.54, 1.807) is 20.4 Å². The van der Waals surface area contributed by atoms with Crippen LogP contribution in [-0.4, -0.2) is 54.8 Å². The summed E-state index contributed by atoms with van der Waals surface area (Å²) in [7, 11) is 3.18. The summed E-state index contributed by atoms with van der Waals surface area (Å²) in [5, 5.41) is 10.5. The molecule has 0 aliphatic carbocycles. The van der Waals surface area contributed by atoms with Crippen molar-refractivity contribution in [2.75, 3.05) is 33.9 Å². The number of rotatable bonds is 10. The Morgan fingerprint density at radius 1 is 1.20 bits per heavy atom. The molecule has 0 amide bonds. The molecule has 40 heavy (non-hydrogen) atoms. The Hall–Kier alpha value is -3.65. The minimum Gasteiger partial charge on any atom is -0.497 e. The second-order valence-corrected chi connectivity index (χ2v) is 9.93. The van der Waals surface area contributed by atoms with Gasteiger partial charge in [0.25, 0.3) is 0 Å². The summed E-state index contributed by atoms with van der Waals surface area (Å²) >= 11 is 0. The van der Waals surface area contributed by atoms with Gasteiger partial charge >= 0.3 is 5.97 Å². The average Bonchev–Trinajstić information content (AvgIpc) is 2.93. The number of halogens is 3. The zero-order valence-corrected chi connectivity index (χ0v) is 22.4. The Bertz CT molecular complexity index is 1410. The highest BCUT2D eigenvalue weighted by molar-refractivity contribution is 5.84. The van der Waals surface area contributed by atoms with Crippen molar-refractivity contribution in [2.45, 2.75) is 31.7 Å². The van der Waals surface area contributed by atoms with Crippen LogP contribution in [-0.2, 0) is 9.63 Å². The van der Waals surface area contributed by atoms with Crippen LogP contribution in [0.1, 0.15) is 42.9 Å². The van der Waals surface area contributed by atoms with Gasteiger partial charge in [0.2, 0.25) is 0 Å². The Balaban J connectivity index is 1.45. The molecule has 1 fully saturated rings. The zero-order valence-electron chi connectivity index (χ0n) is 22.4. The maximum atomic E-state index is 13.9. The van der Waals surface area contributed by atoms with E-state index in [-0.39, 0.29) is 36.4 Å². The van der Waals surface area contributed by atoms with Gasteiger partial charge in [-0.1, -0.05) is 11.8 Å². The SMILES string of the molecule is CON[C@@H](CC[C@@H]1CCN(CC#Cc2cc(F)cc(F)c2F)C[C@@H]1CC(=O)O)c1ccnc2ccc(OC)cc12. The Kier molecular flexibility index (Phi) is 9.98. The number of hydrogen-bond donors (Lipinski definition) is 2. The van der Waals surface area contributed by atoms with Gasteiger partial charge in [-0.3, -0.25) is 14.7 Å². The van der Waals surface area contributed by atoms with E-state index in [9.17, 15) is 23.1 Å². The third-order valence-corrected chi connectivity index (χ3v) is 7.38. The number of hydroxylamine groups is 1. The molecule has 1 saturated heterocycles. The highest BCUT2D eigenvalue weighted by Gasteiger charge is 2.31. The topological polar surface area (TPSA) is 83.9 Å². The van der Waals surface area contributed by atoms with E-state index in [4.69, 9.17) is 9.57 Å². The molecule has 3 aromatic rings. The second kappa shape index (κ2) is 13.6. The molecular formula is C30H32F3N3O4. The number of piperidine rings is 1. The van der Waals surface area contributed by atoms with E-state index in [1.807, 2.05) is 29.2 Å². The van der Waals surface area contributed by atoms with Gasteiger partial charge in [-0.05, 0) is 73.5 Å². The van der Waals surface area contributed by atoms with Crippen LogP contribution in [0.15, 0.2) is 42.6 Å². The minimum absolute atomic E-state index is 0.0100. The number of likely N-dealkylation sites (tertiary alicyclic amines) is 1. The second-order valence-electron chi connectivity index (χ2n) is 9.93. The molecule has 1 aliphatic heterocycles. The summed E-state index contributed by atoms with van der Waals surface area (Å²) in [5.41, 5.74) is 4.59. The number of benzene rings is 2. The molecule has 1 aromatic heterocycles. The van der Waals surface area contributed by atoms with Crippen LogP contribution in [0.5, 0.6) is 5.75 Å². The van der Waals surface area contributed by atoms with Crippen LogP contribution in [0.25, 0.3) is 10.9 Å². The molecule has 10 heteroatoms. The van der Waals surface area contributed by atoms with Crippen LogP contribution in [0.2, 0.25) is 0 Å². The standard InChI is InChI=1S/C30H32F3N3O4/c1-39-23-6-8-27-25(17-23)24(9-11-34-27)28(35-40-2)7-5-19-10-13-36(18-21(19)15-29(37)38)12-3-4-20-14-22(31)16-26(32)30(20)33/h6,8-9,11,14,16-17,19,21,28,35H,5,7,10,12-13,15,18H2,1-2H3,(H,37,38)/t19-,21+,28+/m1/s1. The molecule has 0 saturated carbocycles. The molecule has 212 valence electrons. The highest BCUT2D eigenvalue weighted by Crippen LogP contribution is 2.35. The molecule has 2 N–H and O–H groups in total. The fraction of sp³-hybridized carbons (Fsp3) is 0.400. The first kappa shape index (κ1) is 29.3.